The van der Waals surface area contributed by atoms with Crippen LogP contribution in [0.3, 0.4) is 0 Å². The second kappa shape index (κ2) is 6.42. The Balaban J connectivity index is 1.93. The Morgan fingerprint density at radius 2 is 2.30 bits per heavy atom. The summed E-state index contributed by atoms with van der Waals surface area (Å²) in [6.45, 7) is 5.06. The van der Waals surface area contributed by atoms with Gasteiger partial charge in [0.25, 0.3) is 0 Å². The van der Waals surface area contributed by atoms with Gasteiger partial charge in [-0.3, -0.25) is 4.79 Å². The monoisotopic (exact) mass is 315 g/mol. The van der Waals surface area contributed by atoms with Gasteiger partial charge in [0.05, 0.1) is 18.2 Å². The zero-order chi connectivity index (χ0) is 16.4. The number of fused-ring (bicyclic) bond motifs is 1. The molecule has 6 heteroatoms. The van der Waals surface area contributed by atoms with Crippen molar-refractivity contribution in [2.75, 3.05) is 13.2 Å². The number of ether oxygens (including phenoxy) is 2. The van der Waals surface area contributed by atoms with E-state index in [2.05, 4.69) is 10.3 Å². The van der Waals surface area contributed by atoms with E-state index in [0.29, 0.717) is 25.5 Å². The highest BCUT2D eigenvalue weighted by Gasteiger charge is 2.29. The van der Waals surface area contributed by atoms with Crippen LogP contribution in [0.4, 0.5) is 0 Å². The molecule has 1 aliphatic heterocycles. The third-order valence-electron chi connectivity index (χ3n) is 4.00. The van der Waals surface area contributed by atoms with E-state index in [1.54, 1.807) is 0 Å². The molecule has 1 aromatic carbocycles. The quantitative estimate of drug-likeness (QED) is 0.874. The Bertz CT molecular complexity index is 732. The van der Waals surface area contributed by atoms with Gasteiger partial charge in [0.15, 0.2) is 0 Å². The predicted octanol–water partition coefficient (Wildman–Crippen LogP) is 1.54. The molecule has 2 aromatic rings. The average molecular weight is 315 g/mol. The topological polar surface area (TPSA) is 86.5 Å². The number of hydrogen-bond donors (Lipinski definition) is 2. The summed E-state index contributed by atoms with van der Waals surface area (Å²) < 4.78 is 11.7. The fraction of sp³-hybridized carbons (Fsp3) is 0.412. The van der Waals surface area contributed by atoms with Crippen LogP contribution in [0.2, 0.25) is 0 Å². The summed E-state index contributed by atoms with van der Waals surface area (Å²) in [5.41, 5.74) is 7.27. The van der Waals surface area contributed by atoms with Gasteiger partial charge < -0.3 is 20.5 Å². The van der Waals surface area contributed by atoms with Crippen LogP contribution < -0.4 is 20.5 Å². The van der Waals surface area contributed by atoms with Gasteiger partial charge in [0.1, 0.15) is 11.9 Å². The minimum atomic E-state index is -0.346. The van der Waals surface area contributed by atoms with Crippen LogP contribution in [0.1, 0.15) is 18.9 Å². The van der Waals surface area contributed by atoms with Crippen LogP contribution in [0.15, 0.2) is 24.3 Å². The first-order valence-corrected chi connectivity index (χ1v) is 7.81. The maximum Gasteiger partial charge on any atom is 0.234 e. The number of para-hydroxylation sites is 1. The van der Waals surface area contributed by atoms with E-state index in [4.69, 9.17) is 15.2 Å². The number of aromatic nitrogens is 1. The molecule has 0 saturated carbocycles. The van der Waals surface area contributed by atoms with Gasteiger partial charge in [0.2, 0.25) is 11.8 Å². The number of pyridine rings is 1. The van der Waals surface area contributed by atoms with Gasteiger partial charge in [0, 0.05) is 24.4 Å². The molecular formula is C17H21N3O3. The molecule has 2 atom stereocenters. The van der Waals surface area contributed by atoms with Crippen LogP contribution in [0.25, 0.3) is 10.9 Å². The van der Waals surface area contributed by atoms with E-state index >= 15 is 0 Å². The molecule has 3 rings (SSSR count). The molecule has 3 N–H and O–H groups in total. The number of primary amides is 1. The summed E-state index contributed by atoms with van der Waals surface area (Å²) in [6.07, 6.45) is 0.461. The first-order valence-electron chi connectivity index (χ1n) is 7.81. The molecule has 0 aliphatic carbocycles. The van der Waals surface area contributed by atoms with Crippen LogP contribution in [-0.4, -0.2) is 36.2 Å². The second-order valence-corrected chi connectivity index (χ2v) is 5.70. The molecule has 1 aromatic heterocycles. The van der Waals surface area contributed by atoms with Crippen molar-refractivity contribution in [1.82, 2.24) is 10.3 Å². The molecule has 1 unspecified atom stereocenters. The van der Waals surface area contributed by atoms with Gasteiger partial charge in [-0.15, -0.1) is 0 Å². The number of nitrogens with two attached hydrogens (primary N) is 1. The third-order valence-corrected chi connectivity index (χ3v) is 4.00. The first kappa shape index (κ1) is 15.6. The number of rotatable bonds is 5. The van der Waals surface area contributed by atoms with E-state index in [-0.39, 0.29) is 18.1 Å². The Kier molecular flexibility index (Phi) is 4.34. The van der Waals surface area contributed by atoms with Crippen molar-refractivity contribution >= 4 is 16.8 Å². The molecule has 1 amide bonds. The first-order chi connectivity index (χ1) is 11.1. The number of nitrogens with zero attached hydrogens (tertiary/aromatic N) is 1. The van der Waals surface area contributed by atoms with E-state index < -0.39 is 0 Å². The summed E-state index contributed by atoms with van der Waals surface area (Å²) in [6, 6.07) is 7.44. The van der Waals surface area contributed by atoms with Crippen molar-refractivity contribution in [3.63, 3.8) is 0 Å². The SMILES string of the molecule is CCOc1cc(OC2CN[C@H](C(N)=O)C2)c2cccc(C)c2n1. The van der Waals surface area contributed by atoms with Gasteiger partial charge in [-0.1, -0.05) is 12.1 Å². The Morgan fingerprint density at radius 1 is 1.48 bits per heavy atom. The minimum absolute atomic E-state index is 0.104. The van der Waals surface area contributed by atoms with Crippen LogP contribution >= 0.6 is 0 Å². The van der Waals surface area contributed by atoms with Crippen LogP contribution in [-0.2, 0) is 4.79 Å². The average Bonchev–Trinajstić information content (AvgIpc) is 2.98. The molecule has 122 valence electrons. The van der Waals surface area contributed by atoms with E-state index in [9.17, 15) is 4.79 Å². The van der Waals surface area contributed by atoms with Crippen molar-refractivity contribution in [2.45, 2.75) is 32.4 Å². The molecule has 0 radical (unpaired) electrons. The summed E-state index contributed by atoms with van der Waals surface area (Å²) >= 11 is 0. The standard InChI is InChI=1S/C17H21N3O3/c1-3-22-15-8-14(12-6-4-5-10(2)16(12)20-15)23-11-7-13(17(18)21)19-9-11/h4-6,8,11,13,19H,3,7,9H2,1-2H3,(H2,18,21)/t11?,13-/m0/s1. The highest BCUT2D eigenvalue weighted by Crippen LogP contribution is 2.32. The number of nitrogens with one attached hydrogen (secondary N) is 1. The lowest BCUT2D eigenvalue weighted by atomic mass is 10.1. The predicted molar refractivity (Wildman–Crippen MR) is 87.7 cm³/mol. The highest BCUT2D eigenvalue weighted by molar-refractivity contribution is 5.88. The lowest BCUT2D eigenvalue weighted by Gasteiger charge is -2.16. The second-order valence-electron chi connectivity index (χ2n) is 5.70. The molecule has 1 saturated heterocycles. The zero-order valence-electron chi connectivity index (χ0n) is 13.3. The largest absolute Gasteiger partial charge is 0.488 e. The lowest BCUT2D eigenvalue weighted by molar-refractivity contribution is -0.119. The third kappa shape index (κ3) is 3.22. The Labute approximate surface area is 135 Å². The summed E-state index contributed by atoms with van der Waals surface area (Å²) in [5.74, 6) is 0.919. The summed E-state index contributed by atoms with van der Waals surface area (Å²) in [5, 5.41) is 4.02. The molecule has 23 heavy (non-hydrogen) atoms. The maximum absolute atomic E-state index is 11.3. The fourth-order valence-electron chi connectivity index (χ4n) is 2.85. The van der Waals surface area contributed by atoms with E-state index in [0.717, 1.165) is 22.2 Å². The van der Waals surface area contributed by atoms with Crippen molar-refractivity contribution in [1.29, 1.82) is 0 Å². The van der Waals surface area contributed by atoms with Crippen molar-refractivity contribution < 1.29 is 14.3 Å². The Hall–Kier alpha value is -2.34. The Morgan fingerprint density at radius 3 is 3.00 bits per heavy atom. The van der Waals surface area contributed by atoms with Gasteiger partial charge in [-0.05, 0) is 25.5 Å². The molecular weight excluding hydrogens is 294 g/mol. The number of hydrogen-bond acceptors (Lipinski definition) is 5. The van der Waals surface area contributed by atoms with Crippen LogP contribution in [0.5, 0.6) is 11.6 Å². The van der Waals surface area contributed by atoms with E-state index in [1.165, 1.54) is 0 Å². The smallest absolute Gasteiger partial charge is 0.234 e. The molecule has 6 nitrogen and oxygen atoms in total. The molecule has 0 bridgehead atoms. The summed E-state index contributed by atoms with van der Waals surface area (Å²) in [7, 11) is 0. The van der Waals surface area contributed by atoms with E-state index in [1.807, 2.05) is 38.1 Å². The molecule has 0 spiro atoms. The molecule has 1 fully saturated rings. The van der Waals surface area contributed by atoms with Crippen LogP contribution in [0, 0.1) is 6.92 Å². The normalized spacial score (nSPS) is 20.6. The lowest BCUT2D eigenvalue weighted by Crippen LogP contribution is -2.36. The fourth-order valence-corrected chi connectivity index (χ4v) is 2.85. The number of amides is 1. The highest BCUT2D eigenvalue weighted by atomic mass is 16.5. The zero-order valence-corrected chi connectivity index (χ0v) is 13.3. The van der Waals surface area contributed by atoms with Gasteiger partial charge in [-0.2, -0.15) is 0 Å². The maximum atomic E-state index is 11.3. The molecule has 1 aliphatic rings. The number of benzene rings is 1. The van der Waals surface area contributed by atoms with Crippen molar-refractivity contribution in [3.8, 4) is 11.6 Å². The van der Waals surface area contributed by atoms with Crippen molar-refractivity contribution in [3.05, 3.63) is 29.8 Å². The van der Waals surface area contributed by atoms with Gasteiger partial charge in [-0.25, -0.2) is 4.98 Å². The minimum Gasteiger partial charge on any atom is -0.488 e. The number of carbonyl (C=O) groups excluding carboxylic acids is 1. The van der Waals surface area contributed by atoms with Crippen molar-refractivity contribution in [2.24, 2.45) is 5.73 Å². The summed E-state index contributed by atoms with van der Waals surface area (Å²) in [4.78, 5) is 15.8. The van der Waals surface area contributed by atoms with Gasteiger partial charge >= 0.3 is 0 Å². The molecule has 2 heterocycles. The number of carbonyl (C=O) groups is 1. The number of aryl methyl sites for hydroxylation is 1.